The summed E-state index contributed by atoms with van der Waals surface area (Å²) in [6.07, 6.45) is 6.97. The largest absolute Gasteiger partial charge is 0.415 e. The van der Waals surface area contributed by atoms with E-state index in [1.165, 1.54) is 0 Å². The van der Waals surface area contributed by atoms with Crippen LogP contribution in [0.2, 0.25) is 23.3 Å². The minimum atomic E-state index is -1.79. The summed E-state index contributed by atoms with van der Waals surface area (Å²) in [6, 6.07) is 3.94. The highest BCUT2D eigenvalue weighted by molar-refractivity contribution is 6.74. The lowest BCUT2D eigenvalue weighted by molar-refractivity contribution is 0.0834. The summed E-state index contributed by atoms with van der Waals surface area (Å²) >= 11 is 5.55. The Hall–Kier alpha value is -2.13. The molecule has 0 aliphatic carbocycles. The Morgan fingerprint density at radius 1 is 1.06 bits per heavy atom. The third kappa shape index (κ3) is 8.47. The maximum absolute atomic E-state index is 11.6. The molecule has 1 fully saturated rings. The van der Waals surface area contributed by atoms with E-state index in [1.54, 1.807) is 12.3 Å². The molecule has 1 aliphatic heterocycles. The van der Waals surface area contributed by atoms with Gasteiger partial charge in [0.15, 0.2) is 20.9 Å². The molecular weight excluding hydrogens is 494 g/mol. The number of carbonyl (C=O) groups is 2. The molecule has 0 aromatic carbocycles. The number of pyridine rings is 2. The van der Waals surface area contributed by atoms with Crippen LogP contribution in [-0.2, 0) is 9.16 Å². The van der Waals surface area contributed by atoms with Gasteiger partial charge in [0.2, 0.25) is 0 Å². The monoisotopic (exact) mass is 533 g/mol. The average molecular weight is 534 g/mol. The van der Waals surface area contributed by atoms with Crippen molar-refractivity contribution < 1.29 is 18.8 Å². The molecule has 1 saturated heterocycles. The van der Waals surface area contributed by atoms with Gasteiger partial charge in [-0.2, -0.15) is 0 Å². The van der Waals surface area contributed by atoms with Crippen LogP contribution >= 0.6 is 11.6 Å². The van der Waals surface area contributed by atoms with Crippen molar-refractivity contribution in [2.24, 2.45) is 0 Å². The minimum Gasteiger partial charge on any atom is -0.415 e. The van der Waals surface area contributed by atoms with Crippen molar-refractivity contribution in [3.63, 3.8) is 0 Å². The summed E-state index contributed by atoms with van der Waals surface area (Å²) in [4.78, 5) is 32.5. The van der Waals surface area contributed by atoms with Gasteiger partial charge in [0, 0.05) is 38.2 Å². The van der Waals surface area contributed by atoms with Crippen LogP contribution in [0.4, 0.5) is 5.82 Å². The van der Waals surface area contributed by atoms with Gasteiger partial charge in [0.1, 0.15) is 11.0 Å². The van der Waals surface area contributed by atoms with E-state index in [1.807, 2.05) is 26.1 Å². The number of carbonyl (C=O) groups excluding carboxylic acids is 2. The Labute approximate surface area is 221 Å². The van der Waals surface area contributed by atoms with Crippen LogP contribution in [0.3, 0.4) is 0 Å². The first-order chi connectivity index (χ1) is 16.9. The molecule has 36 heavy (non-hydrogen) atoms. The quantitative estimate of drug-likeness (QED) is 0.231. The molecule has 0 atom stereocenters. The number of anilines is 1. The van der Waals surface area contributed by atoms with E-state index < -0.39 is 8.32 Å². The van der Waals surface area contributed by atoms with Crippen molar-refractivity contribution in [3.05, 3.63) is 51.9 Å². The number of hydrogen-bond donors (Lipinski definition) is 0. The first-order valence-corrected chi connectivity index (χ1v) is 15.7. The van der Waals surface area contributed by atoms with E-state index in [9.17, 15) is 9.59 Å². The summed E-state index contributed by atoms with van der Waals surface area (Å²) in [7, 11) is -1.79. The first-order valence-electron chi connectivity index (χ1n) is 12.4. The van der Waals surface area contributed by atoms with Crippen LogP contribution in [0, 0.1) is 13.8 Å². The molecule has 9 heteroatoms. The smallest absolute Gasteiger partial charge is 0.192 e. The van der Waals surface area contributed by atoms with Crippen molar-refractivity contribution >= 4 is 38.3 Å². The average Bonchev–Trinajstić information content (AvgIpc) is 2.84. The second-order valence-corrected chi connectivity index (χ2v) is 15.9. The topological polar surface area (TPSA) is 81.6 Å². The lowest BCUT2D eigenvalue weighted by Crippen LogP contribution is -2.46. The first kappa shape index (κ1) is 30.1. The third-order valence-corrected chi connectivity index (χ3v) is 11.6. The van der Waals surface area contributed by atoms with Crippen molar-refractivity contribution in [1.82, 2.24) is 9.97 Å². The number of aldehydes is 2. The van der Waals surface area contributed by atoms with Gasteiger partial charge in [-0.05, 0) is 68.1 Å². The molecule has 0 radical (unpaired) electrons. The second kappa shape index (κ2) is 13.4. The number of rotatable bonds is 8. The highest BCUT2D eigenvalue weighted by atomic mass is 35.5. The number of nitrogens with zero attached hydrogens (tertiary/aromatic N) is 3. The standard InChI is InChI=1S/C20H34N2O3Si.C7H6ClNO/c1-16-13-17(15-23)19(21-14-16)22(18-7-10-24-11-8-18)9-12-25-26(5,6)20(2,3)4;1-5-2-6(4-10)7(8)9-3-5/h13-15,18H,7-12H2,1-6H3;2-4H,1H3. The zero-order valence-corrected chi connectivity index (χ0v) is 24.4. The van der Waals surface area contributed by atoms with E-state index in [-0.39, 0.29) is 10.2 Å². The lowest BCUT2D eigenvalue weighted by Gasteiger charge is -2.39. The van der Waals surface area contributed by atoms with Gasteiger partial charge in [0.25, 0.3) is 0 Å². The molecule has 0 unspecified atom stereocenters. The number of aromatic nitrogens is 2. The van der Waals surface area contributed by atoms with E-state index in [0.717, 1.165) is 55.8 Å². The maximum atomic E-state index is 11.6. The predicted molar refractivity (Wildman–Crippen MR) is 148 cm³/mol. The van der Waals surface area contributed by atoms with Crippen LogP contribution in [-0.4, -0.2) is 63.3 Å². The maximum Gasteiger partial charge on any atom is 0.192 e. The Morgan fingerprint density at radius 3 is 2.14 bits per heavy atom. The van der Waals surface area contributed by atoms with Crippen molar-refractivity contribution in [2.75, 3.05) is 31.3 Å². The molecule has 0 saturated carbocycles. The number of halogens is 1. The van der Waals surface area contributed by atoms with E-state index in [4.69, 9.17) is 20.8 Å². The van der Waals surface area contributed by atoms with Gasteiger partial charge >= 0.3 is 0 Å². The molecule has 7 nitrogen and oxygen atoms in total. The zero-order chi connectivity index (χ0) is 26.9. The van der Waals surface area contributed by atoms with Crippen LogP contribution in [0.1, 0.15) is 65.5 Å². The normalized spacial score (nSPS) is 14.6. The molecule has 0 N–H and O–H groups in total. The summed E-state index contributed by atoms with van der Waals surface area (Å²) in [5, 5.41) is 0.452. The molecular formula is C27H40ClN3O4Si. The fourth-order valence-electron chi connectivity index (χ4n) is 3.64. The fraction of sp³-hybridized carbons (Fsp3) is 0.556. The molecule has 0 amide bonds. The lowest BCUT2D eigenvalue weighted by atomic mass is 10.1. The summed E-state index contributed by atoms with van der Waals surface area (Å²) < 4.78 is 11.9. The predicted octanol–water partition coefficient (Wildman–Crippen LogP) is 6.07. The molecule has 2 aromatic heterocycles. The van der Waals surface area contributed by atoms with Crippen LogP contribution in [0.15, 0.2) is 24.5 Å². The summed E-state index contributed by atoms with van der Waals surface area (Å²) in [6.45, 7) is 18.0. The molecule has 1 aliphatic rings. The van der Waals surface area contributed by atoms with Crippen molar-refractivity contribution in [3.8, 4) is 0 Å². The fourth-order valence-corrected chi connectivity index (χ4v) is 4.83. The Bertz CT molecular complexity index is 1020. The zero-order valence-electron chi connectivity index (χ0n) is 22.6. The third-order valence-electron chi connectivity index (χ3n) is 6.79. The highest BCUT2D eigenvalue weighted by Gasteiger charge is 2.37. The molecule has 0 bridgehead atoms. The van der Waals surface area contributed by atoms with Gasteiger partial charge < -0.3 is 14.1 Å². The van der Waals surface area contributed by atoms with Gasteiger partial charge in [-0.15, -0.1) is 0 Å². The molecule has 3 heterocycles. The van der Waals surface area contributed by atoms with E-state index in [0.29, 0.717) is 30.1 Å². The minimum absolute atomic E-state index is 0.187. The van der Waals surface area contributed by atoms with Crippen molar-refractivity contribution in [1.29, 1.82) is 0 Å². The van der Waals surface area contributed by atoms with Crippen LogP contribution in [0.25, 0.3) is 0 Å². The Morgan fingerprint density at radius 2 is 1.61 bits per heavy atom. The highest BCUT2D eigenvalue weighted by Crippen LogP contribution is 2.36. The second-order valence-electron chi connectivity index (χ2n) is 10.7. The molecule has 0 spiro atoms. The summed E-state index contributed by atoms with van der Waals surface area (Å²) in [5.41, 5.74) is 3.04. The molecule has 2 aromatic rings. The Balaban J connectivity index is 0.000000380. The van der Waals surface area contributed by atoms with Crippen LogP contribution in [0.5, 0.6) is 0 Å². The van der Waals surface area contributed by atoms with Gasteiger partial charge in [-0.1, -0.05) is 32.4 Å². The van der Waals surface area contributed by atoms with Crippen LogP contribution < -0.4 is 4.90 Å². The molecule has 3 rings (SSSR count). The molecule has 198 valence electrons. The van der Waals surface area contributed by atoms with Gasteiger partial charge in [0.05, 0.1) is 17.7 Å². The van der Waals surface area contributed by atoms with E-state index in [2.05, 4.69) is 48.7 Å². The SMILES string of the molecule is Cc1cnc(Cl)c(C=O)c1.Cc1cnc(N(CCO[Si](C)(C)C(C)(C)C)C2CCOCC2)c(C=O)c1. The number of hydrogen-bond acceptors (Lipinski definition) is 7. The van der Waals surface area contributed by atoms with Crippen molar-refractivity contribution in [2.45, 2.75) is 71.6 Å². The summed E-state index contributed by atoms with van der Waals surface area (Å²) in [5.74, 6) is 0.774. The number of aryl methyl sites for hydroxylation is 2. The number of ether oxygens (including phenoxy) is 1. The Kier molecular flexibility index (Phi) is 11.2. The van der Waals surface area contributed by atoms with Gasteiger partial charge in [-0.3, -0.25) is 9.59 Å². The van der Waals surface area contributed by atoms with E-state index >= 15 is 0 Å². The van der Waals surface area contributed by atoms with Gasteiger partial charge in [-0.25, -0.2) is 9.97 Å².